The Hall–Kier alpha value is -3.11. The third kappa shape index (κ3) is 3.92. The van der Waals surface area contributed by atoms with Gasteiger partial charge in [0, 0.05) is 24.3 Å². The van der Waals surface area contributed by atoms with Gasteiger partial charge in [0.05, 0.1) is 0 Å². The average molecular weight is 372 g/mol. The van der Waals surface area contributed by atoms with E-state index in [9.17, 15) is 4.79 Å². The van der Waals surface area contributed by atoms with E-state index in [2.05, 4.69) is 47.4 Å². The molecule has 1 amide bonds. The maximum Gasteiger partial charge on any atom is 0.274 e. The minimum absolute atomic E-state index is 0.453. The molecule has 142 valence electrons. The first kappa shape index (κ1) is 18.3. The fourth-order valence-electron chi connectivity index (χ4n) is 3.83. The molecule has 3 aromatic carbocycles. The molecule has 0 bridgehead atoms. The van der Waals surface area contributed by atoms with Crippen LogP contribution in [0.1, 0.15) is 34.3 Å². The lowest BCUT2D eigenvalue weighted by atomic mass is 10.00. The highest BCUT2D eigenvalue weighted by molar-refractivity contribution is 5.93. The molecule has 0 aliphatic carbocycles. The minimum atomic E-state index is -0.487. The number of carbonyl (C=O) groups is 1. The van der Waals surface area contributed by atoms with E-state index in [-0.39, 0.29) is 0 Å². The van der Waals surface area contributed by atoms with Crippen molar-refractivity contribution in [2.24, 2.45) is 0 Å². The van der Waals surface area contributed by atoms with Crippen molar-refractivity contribution < 1.29 is 10.0 Å². The van der Waals surface area contributed by atoms with Gasteiger partial charge in [-0.3, -0.25) is 10.0 Å². The Morgan fingerprint density at radius 3 is 2.46 bits per heavy atom. The second kappa shape index (κ2) is 8.28. The standard InChI is InChI=1S/C24H24N2O2/c27-24(25-28)21-11-9-18(10-12-21)17-26-15-5-4-8-20-13-14-22(16-23(20)26)19-6-2-1-3-7-19/h1-3,6-7,9-14,16,28H,4-5,8,15,17H2,(H,25,27). The number of carbonyl (C=O) groups excluding carboxylic acids is 1. The summed E-state index contributed by atoms with van der Waals surface area (Å²) in [6.45, 7) is 1.82. The second-order valence-corrected chi connectivity index (χ2v) is 7.23. The van der Waals surface area contributed by atoms with Crippen LogP contribution >= 0.6 is 0 Å². The zero-order valence-electron chi connectivity index (χ0n) is 15.8. The Morgan fingerprint density at radius 1 is 0.929 bits per heavy atom. The van der Waals surface area contributed by atoms with Gasteiger partial charge in [-0.15, -0.1) is 0 Å². The molecule has 2 N–H and O–H groups in total. The van der Waals surface area contributed by atoms with Gasteiger partial charge in [-0.25, -0.2) is 5.48 Å². The number of aryl methyl sites for hydroxylation is 1. The molecule has 0 saturated carbocycles. The van der Waals surface area contributed by atoms with Crippen molar-refractivity contribution in [3.05, 3.63) is 89.5 Å². The zero-order chi connectivity index (χ0) is 19.3. The lowest BCUT2D eigenvalue weighted by molar-refractivity contribution is 0.0706. The third-order valence-corrected chi connectivity index (χ3v) is 5.35. The Balaban J connectivity index is 1.62. The summed E-state index contributed by atoms with van der Waals surface area (Å²) in [7, 11) is 0. The van der Waals surface area contributed by atoms with Crippen molar-refractivity contribution in [3.63, 3.8) is 0 Å². The number of amides is 1. The van der Waals surface area contributed by atoms with Crippen LogP contribution in [-0.2, 0) is 13.0 Å². The molecule has 0 fully saturated rings. The van der Waals surface area contributed by atoms with E-state index in [1.54, 1.807) is 17.6 Å². The van der Waals surface area contributed by atoms with Crippen molar-refractivity contribution in [1.29, 1.82) is 0 Å². The molecule has 0 atom stereocenters. The van der Waals surface area contributed by atoms with Gasteiger partial charge in [-0.2, -0.15) is 0 Å². The fraction of sp³-hybridized carbons (Fsp3) is 0.208. The zero-order valence-corrected chi connectivity index (χ0v) is 15.8. The number of anilines is 1. The van der Waals surface area contributed by atoms with E-state index in [0.717, 1.165) is 25.1 Å². The quantitative estimate of drug-likeness (QED) is 0.510. The van der Waals surface area contributed by atoms with Gasteiger partial charge < -0.3 is 4.90 Å². The van der Waals surface area contributed by atoms with Crippen LogP contribution in [0.5, 0.6) is 0 Å². The summed E-state index contributed by atoms with van der Waals surface area (Å²) in [5.41, 5.74) is 8.44. The van der Waals surface area contributed by atoms with Gasteiger partial charge in [0.1, 0.15) is 0 Å². The number of nitrogens with zero attached hydrogens (tertiary/aromatic N) is 1. The maximum absolute atomic E-state index is 11.5. The van der Waals surface area contributed by atoms with Gasteiger partial charge in [0.15, 0.2) is 0 Å². The van der Waals surface area contributed by atoms with Crippen LogP contribution < -0.4 is 10.4 Å². The summed E-state index contributed by atoms with van der Waals surface area (Å²) in [6, 6.07) is 24.7. The Morgan fingerprint density at radius 2 is 1.71 bits per heavy atom. The molecular formula is C24H24N2O2. The third-order valence-electron chi connectivity index (χ3n) is 5.35. The SMILES string of the molecule is O=C(NO)c1ccc(CN2CCCCc3ccc(-c4ccccc4)cc32)cc1. The topological polar surface area (TPSA) is 52.6 Å². The molecule has 28 heavy (non-hydrogen) atoms. The largest absolute Gasteiger partial charge is 0.367 e. The Bertz CT molecular complexity index is 952. The lowest BCUT2D eigenvalue weighted by Gasteiger charge is -2.26. The summed E-state index contributed by atoms with van der Waals surface area (Å²) >= 11 is 0. The van der Waals surface area contributed by atoms with E-state index in [1.807, 2.05) is 18.2 Å². The number of rotatable bonds is 4. The molecule has 3 aromatic rings. The van der Waals surface area contributed by atoms with Crippen LogP contribution in [0.25, 0.3) is 11.1 Å². The molecule has 0 unspecified atom stereocenters. The first-order valence-corrected chi connectivity index (χ1v) is 9.71. The van der Waals surface area contributed by atoms with E-state index < -0.39 is 5.91 Å². The molecule has 0 spiro atoms. The molecule has 4 nitrogen and oxygen atoms in total. The summed E-state index contributed by atoms with van der Waals surface area (Å²) in [6.07, 6.45) is 3.47. The highest BCUT2D eigenvalue weighted by Crippen LogP contribution is 2.32. The van der Waals surface area contributed by atoms with E-state index >= 15 is 0 Å². The van der Waals surface area contributed by atoms with E-state index in [1.165, 1.54) is 35.2 Å². The first-order chi connectivity index (χ1) is 13.7. The van der Waals surface area contributed by atoms with Gasteiger partial charge in [-0.05, 0) is 59.7 Å². The molecule has 0 saturated heterocycles. The summed E-state index contributed by atoms with van der Waals surface area (Å²) in [5, 5.41) is 8.77. The number of hydrogen-bond acceptors (Lipinski definition) is 3. The van der Waals surface area contributed by atoms with Crippen molar-refractivity contribution in [1.82, 2.24) is 5.48 Å². The van der Waals surface area contributed by atoms with Gasteiger partial charge in [0.25, 0.3) is 5.91 Å². The van der Waals surface area contributed by atoms with Crippen molar-refractivity contribution in [2.75, 3.05) is 11.4 Å². The average Bonchev–Trinajstić information content (AvgIpc) is 2.96. The lowest BCUT2D eigenvalue weighted by Crippen LogP contribution is -2.24. The highest BCUT2D eigenvalue weighted by atomic mass is 16.5. The molecular weight excluding hydrogens is 348 g/mol. The van der Waals surface area contributed by atoms with Crippen LogP contribution in [0.4, 0.5) is 5.69 Å². The van der Waals surface area contributed by atoms with E-state index in [0.29, 0.717) is 5.56 Å². The number of hydroxylamine groups is 1. The molecule has 4 heteroatoms. The number of benzene rings is 3. The smallest absolute Gasteiger partial charge is 0.274 e. The normalized spacial score (nSPS) is 13.5. The molecule has 0 aromatic heterocycles. The van der Waals surface area contributed by atoms with Crippen LogP contribution in [0.15, 0.2) is 72.8 Å². The second-order valence-electron chi connectivity index (χ2n) is 7.23. The van der Waals surface area contributed by atoms with Crippen LogP contribution in [0, 0.1) is 0 Å². The summed E-state index contributed by atoms with van der Waals surface area (Å²) in [4.78, 5) is 14.0. The van der Waals surface area contributed by atoms with E-state index in [4.69, 9.17) is 5.21 Å². The summed E-state index contributed by atoms with van der Waals surface area (Å²) < 4.78 is 0. The van der Waals surface area contributed by atoms with Gasteiger partial charge in [0.2, 0.25) is 0 Å². The monoisotopic (exact) mass is 372 g/mol. The van der Waals surface area contributed by atoms with Gasteiger partial charge >= 0.3 is 0 Å². The number of fused-ring (bicyclic) bond motifs is 1. The first-order valence-electron chi connectivity index (χ1n) is 9.71. The number of hydrogen-bond donors (Lipinski definition) is 2. The van der Waals surface area contributed by atoms with Crippen LogP contribution in [0.3, 0.4) is 0 Å². The number of nitrogens with one attached hydrogen (secondary N) is 1. The molecule has 0 radical (unpaired) electrons. The highest BCUT2D eigenvalue weighted by Gasteiger charge is 2.17. The molecule has 1 heterocycles. The van der Waals surface area contributed by atoms with Crippen molar-refractivity contribution in [2.45, 2.75) is 25.8 Å². The Kier molecular flexibility index (Phi) is 5.40. The molecule has 1 aliphatic rings. The molecule has 4 rings (SSSR count). The maximum atomic E-state index is 11.5. The van der Waals surface area contributed by atoms with Gasteiger partial charge in [-0.1, -0.05) is 54.6 Å². The summed E-state index contributed by atoms with van der Waals surface area (Å²) in [5.74, 6) is -0.487. The fourth-order valence-corrected chi connectivity index (χ4v) is 3.83. The predicted octanol–water partition coefficient (Wildman–Crippen LogP) is 4.82. The minimum Gasteiger partial charge on any atom is -0.367 e. The van der Waals surface area contributed by atoms with Crippen molar-refractivity contribution >= 4 is 11.6 Å². The Labute approximate surface area is 165 Å². The van der Waals surface area contributed by atoms with Crippen LogP contribution in [0.2, 0.25) is 0 Å². The van der Waals surface area contributed by atoms with Crippen molar-refractivity contribution in [3.8, 4) is 11.1 Å². The predicted molar refractivity (Wildman–Crippen MR) is 112 cm³/mol. The van der Waals surface area contributed by atoms with Crippen LogP contribution in [-0.4, -0.2) is 17.7 Å². The molecule has 1 aliphatic heterocycles.